The van der Waals surface area contributed by atoms with E-state index in [2.05, 4.69) is 34.3 Å². The van der Waals surface area contributed by atoms with Gasteiger partial charge in [-0.3, -0.25) is 4.90 Å². The highest BCUT2D eigenvalue weighted by Crippen LogP contribution is 2.29. The number of nitrogens with zero attached hydrogens (tertiary/aromatic N) is 3. The molecular weight excluding hydrogens is 280 g/mol. The van der Waals surface area contributed by atoms with Crippen LogP contribution in [0.2, 0.25) is 0 Å². The molecule has 4 nitrogen and oxygen atoms in total. The second kappa shape index (κ2) is 7.07. The van der Waals surface area contributed by atoms with E-state index in [1.807, 2.05) is 0 Å². The van der Waals surface area contributed by atoms with Gasteiger partial charge in [0.1, 0.15) is 0 Å². The van der Waals surface area contributed by atoms with Gasteiger partial charge >= 0.3 is 0 Å². The van der Waals surface area contributed by atoms with Gasteiger partial charge in [-0.2, -0.15) is 0 Å². The molecule has 2 unspecified atom stereocenters. The molecular formula is C16H28N4S. The van der Waals surface area contributed by atoms with Crippen LogP contribution in [0.3, 0.4) is 0 Å². The zero-order chi connectivity index (χ0) is 14.7. The van der Waals surface area contributed by atoms with Crippen molar-refractivity contribution < 1.29 is 0 Å². The molecule has 0 aliphatic carbocycles. The van der Waals surface area contributed by atoms with E-state index < -0.39 is 0 Å². The highest BCUT2D eigenvalue weighted by atomic mass is 32.1. The summed E-state index contributed by atoms with van der Waals surface area (Å²) in [5, 5.41) is 6.88. The van der Waals surface area contributed by atoms with Crippen molar-refractivity contribution in [2.45, 2.75) is 51.6 Å². The molecule has 2 saturated heterocycles. The average Bonchev–Trinajstić information content (AvgIpc) is 3.17. The highest BCUT2D eigenvalue weighted by Gasteiger charge is 2.29. The first-order valence-electron chi connectivity index (χ1n) is 8.45. The maximum atomic E-state index is 4.85. The van der Waals surface area contributed by atoms with E-state index in [0.717, 1.165) is 12.6 Å². The summed E-state index contributed by atoms with van der Waals surface area (Å²) in [6.07, 6.45) is 5.50. The number of rotatable bonds is 5. The summed E-state index contributed by atoms with van der Waals surface area (Å²) in [6.45, 7) is 10.3. The van der Waals surface area contributed by atoms with E-state index in [4.69, 9.17) is 4.98 Å². The van der Waals surface area contributed by atoms with Crippen LogP contribution in [-0.4, -0.2) is 48.6 Å². The third-order valence-electron chi connectivity index (χ3n) is 4.80. The lowest BCUT2D eigenvalue weighted by molar-refractivity contribution is 0.175. The second-order valence-electron chi connectivity index (χ2n) is 6.32. The van der Waals surface area contributed by atoms with Gasteiger partial charge in [-0.1, -0.05) is 13.3 Å². The van der Waals surface area contributed by atoms with Crippen LogP contribution in [0.4, 0.5) is 5.13 Å². The largest absolute Gasteiger partial charge is 0.346 e. The van der Waals surface area contributed by atoms with Crippen LogP contribution in [0.5, 0.6) is 0 Å². The Hall–Kier alpha value is -0.650. The van der Waals surface area contributed by atoms with Crippen molar-refractivity contribution >= 4 is 16.5 Å². The van der Waals surface area contributed by atoms with Crippen LogP contribution in [0.15, 0.2) is 5.38 Å². The van der Waals surface area contributed by atoms with E-state index in [-0.39, 0.29) is 0 Å². The Labute approximate surface area is 132 Å². The van der Waals surface area contributed by atoms with Crippen LogP contribution in [0, 0.1) is 0 Å². The smallest absolute Gasteiger partial charge is 0.185 e. The van der Waals surface area contributed by atoms with Crippen molar-refractivity contribution in [2.24, 2.45) is 0 Å². The number of hydrogen-bond acceptors (Lipinski definition) is 5. The molecule has 1 aromatic rings. The van der Waals surface area contributed by atoms with E-state index in [1.165, 1.54) is 62.7 Å². The minimum absolute atomic E-state index is 0.362. The normalized spacial score (nSPS) is 25.4. The van der Waals surface area contributed by atoms with Gasteiger partial charge in [0.25, 0.3) is 0 Å². The molecule has 0 amide bonds. The molecule has 5 heteroatoms. The van der Waals surface area contributed by atoms with Crippen molar-refractivity contribution in [1.29, 1.82) is 0 Å². The Kier molecular flexibility index (Phi) is 5.14. The molecule has 21 heavy (non-hydrogen) atoms. The molecule has 2 aliphatic heterocycles. The van der Waals surface area contributed by atoms with Crippen LogP contribution < -0.4 is 10.2 Å². The fourth-order valence-electron chi connectivity index (χ4n) is 3.53. The van der Waals surface area contributed by atoms with E-state index >= 15 is 0 Å². The van der Waals surface area contributed by atoms with Gasteiger partial charge in [-0.15, -0.1) is 11.3 Å². The van der Waals surface area contributed by atoms with Gasteiger partial charge in [0.2, 0.25) is 0 Å². The SMILES string of the molecule is CCNC(C)c1csc(N2CCC(N3CCCCC3)C2)n1. The minimum Gasteiger partial charge on any atom is -0.346 e. The number of hydrogen-bond donors (Lipinski definition) is 1. The summed E-state index contributed by atoms with van der Waals surface area (Å²) in [5.41, 5.74) is 1.19. The number of nitrogens with one attached hydrogen (secondary N) is 1. The Balaban J connectivity index is 1.58. The molecule has 0 saturated carbocycles. The Bertz CT molecular complexity index is 441. The summed E-state index contributed by atoms with van der Waals surface area (Å²) < 4.78 is 0. The summed E-state index contributed by atoms with van der Waals surface area (Å²) >= 11 is 1.81. The predicted molar refractivity (Wildman–Crippen MR) is 90.2 cm³/mol. The minimum atomic E-state index is 0.362. The van der Waals surface area contributed by atoms with Gasteiger partial charge in [-0.05, 0) is 45.8 Å². The molecule has 0 bridgehead atoms. The lowest BCUT2D eigenvalue weighted by Gasteiger charge is -2.32. The Morgan fingerprint density at radius 1 is 1.33 bits per heavy atom. The summed E-state index contributed by atoms with van der Waals surface area (Å²) in [4.78, 5) is 10.1. The molecule has 1 N–H and O–H groups in total. The van der Waals surface area contributed by atoms with Crippen LogP contribution in [-0.2, 0) is 0 Å². The average molecular weight is 308 g/mol. The summed E-state index contributed by atoms with van der Waals surface area (Å²) in [6, 6.07) is 1.12. The molecule has 2 fully saturated rings. The molecule has 2 atom stereocenters. The molecule has 118 valence electrons. The van der Waals surface area contributed by atoms with Crippen molar-refractivity contribution in [2.75, 3.05) is 37.6 Å². The Morgan fingerprint density at radius 2 is 2.14 bits per heavy atom. The molecule has 1 aromatic heterocycles. The quantitative estimate of drug-likeness (QED) is 0.906. The maximum absolute atomic E-state index is 4.85. The van der Waals surface area contributed by atoms with Crippen LogP contribution in [0.1, 0.15) is 51.3 Å². The van der Waals surface area contributed by atoms with Crippen LogP contribution >= 0.6 is 11.3 Å². The highest BCUT2D eigenvalue weighted by molar-refractivity contribution is 7.13. The van der Waals surface area contributed by atoms with Gasteiger partial charge < -0.3 is 10.2 Å². The third-order valence-corrected chi connectivity index (χ3v) is 5.72. The monoisotopic (exact) mass is 308 g/mol. The zero-order valence-electron chi connectivity index (χ0n) is 13.3. The maximum Gasteiger partial charge on any atom is 0.185 e. The first-order chi connectivity index (χ1) is 10.3. The standard InChI is InChI=1S/C16H28N4S/c1-3-17-13(2)15-12-21-16(18-15)20-10-7-14(11-20)19-8-5-4-6-9-19/h12-14,17H,3-11H2,1-2H3. The molecule has 2 aliphatic rings. The summed E-state index contributed by atoms with van der Waals surface area (Å²) in [5.74, 6) is 0. The van der Waals surface area contributed by atoms with E-state index in [0.29, 0.717) is 6.04 Å². The molecule has 0 spiro atoms. The fraction of sp³-hybridized carbons (Fsp3) is 0.812. The zero-order valence-corrected chi connectivity index (χ0v) is 14.2. The van der Waals surface area contributed by atoms with Gasteiger partial charge in [0.05, 0.1) is 5.69 Å². The van der Waals surface area contributed by atoms with Crippen molar-refractivity contribution in [3.63, 3.8) is 0 Å². The van der Waals surface area contributed by atoms with Crippen LogP contribution in [0.25, 0.3) is 0 Å². The number of anilines is 1. The van der Waals surface area contributed by atoms with Crippen molar-refractivity contribution in [3.8, 4) is 0 Å². The summed E-state index contributed by atoms with van der Waals surface area (Å²) in [7, 11) is 0. The fourth-order valence-corrected chi connectivity index (χ4v) is 4.48. The lowest BCUT2D eigenvalue weighted by Crippen LogP contribution is -2.40. The van der Waals surface area contributed by atoms with Gasteiger partial charge in [0, 0.05) is 30.6 Å². The van der Waals surface area contributed by atoms with E-state index in [9.17, 15) is 0 Å². The second-order valence-corrected chi connectivity index (χ2v) is 7.16. The lowest BCUT2D eigenvalue weighted by atomic mass is 10.1. The number of piperidine rings is 1. The first-order valence-corrected chi connectivity index (χ1v) is 9.33. The number of aromatic nitrogens is 1. The van der Waals surface area contributed by atoms with Crippen molar-refractivity contribution in [3.05, 3.63) is 11.1 Å². The van der Waals surface area contributed by atoms with E-state index in [1.54, 1.807) is 11.3 Å². The topological polar surface area (TPSA) is 31.4 Å². The van der Waals surface area contributed by atoms with Gasteiger partial charge in [-0.25, -0.2) is 4.98 Å². The third kappa shape index (κ3) is 3.58. The molecule has 0 aromatic carbocycles. The number of thiazole rings is 1. The predicted octanol–water partition coefficient (Wildman–Crippen LogP) is 2.88. The Morgan fingerprint density at radius 3 is 2.90 bits per heavy atom. The number of likely N-dealkylation sites (tertiary alicyclic amines) is 1. The molecule has 3 rings (SSSR count). The first kappa shape index (κ1) is 15.3. The van der Waals surface area contributed by atoms with Gasteiger partial charge in [0.15, 0.2) is 5.13 Å². The molecule has 0 radical (unpaired) electrons. The molecule has 3 heterocycles. The van der Waals surface area contributed by atoms with Crippen molar-refractivity contribution in [1.82, 2.24) is 15.2 Å².